The van der Waals surface area contributed by atoms with Crippen molar-refractivity contribution in [1.29, 1.82) is 0 Å². The second-order valence-corrected chi connectivity index (χ2v) is 6.49. The highest BCUT2D eigenvalue weighted by molar-refractivity contribution is 5.96. The number of benzene rings is 1. The topological polar surface area (TPSA) is 64.8 Å². The van der Waals surface area contributed by atoms with Gasteiger partial charge in [-0.1, -0.05) is 13.3 Å². The Morgan fingerprint density at radius 3 is 3.20 bits per heavy atom. The number of hydrogen-bond acceptors (Lipinski definition) is 4. The fourth-order valence-corrected chi connectivity index (χ4v) is 3.75. The third-order valence-electron chi connectivity index (χ3n) is 5.06. The van der Waals surface area contributed by atoms with Gasteiger partial charge in [0.15, 0.2) is 0 Å². The molecule has 1 aromatic heterocycles. The molecule has 1 N–H and O–H groups in total. The van der Waals surface area contributed by atoms with E-state index in [0.29, 0.717) is 42.9 Å². The molecule has 2 aromatic rings. The summed E-state index contributed by atoms with van der Waals surface area (Å²) >= 11 is 0. The number of amides is 1. The minimum absolute atomic E-state index is 0.0152. The van der Waals surface area contributed by atoms with E-state index < -0.39 is 0 Å². The van der Waals surface area contributed by atoms with Gasteiger partial charge in [0.1, 0.15) is 12.4 Å². The van der Waals surface area contributed by atoms with Crippen LogP contribution in [0.2, 0.25) is 0 Å². The van der Waals surface area contributed by atoms with Crippen LogP contribution < -0.4 is 14.8 Å². The number of hydrogen-bond donors (Lipinski definition) is 1. The van der Waals surface area contributed by atoms with Crippen LogP contribution in [0.3, 0.4) is 0 Å². The summed E-state index contributed by atoms with van der Waals surface area (Å²) < 4.78 is 11.7. The summed E-state index contributed by atoms with van der Waals surface area (Å²) in [6.45, 7) is 10.4. The number of carbonyl (C=O) groups is 1. The van der Waals surface area contributed by atoms with E-state index in [0.717, 1.165) is 29.2 Å². The first-order valence-corrected chi connectivity index (χ1v) is 8.58. The molecule has 1 saturated heterocycles. The van der Waals surface area contributed by atoms with Crippen molar-refractivity contribution in [1.82, 2.24) is 10.3 Å². The van der Waals surface area contributed by atoms with Crippen LogP contribution in [-0.2, 0) is 11.2 Å². The molecule has 2 aliphatic heterocycles. The Morgan fingerprint density at radius 2 is 2.40 bits per heavy atom. The number of aromatic nitrogens is 1. The summed E-state index contributed by atoms with van der Waals surface area (Å²) in [5, 5.41) is 4.84. The van der Waals surface area contributed by atoms with Gasteiger partial charge in [0, 0.05) is 24.4 Å². The second-order valence-electron chi connectivity index (χ2n) is 6.49. The molecule has 0 aliphatic carbocycles. The van der Waals surface area contributed by atoms with E-state index in [-0.39, 0.29) is 11.9 Å². The molecule has 2 aliphatic rings. The van der Waals surface area contributed by atoms with E-state index in [4.69, 9.17) is 16.0 Å². The number of rotatable bonds is 4. The smallest absolute Gasteiger partial charge is 0.229 e. The molecule has 0 radical (unpaired) electrons. The highest BCUT2D eigenvalue weighted by Crippen LogP contribution is 2.43. The van der Waals surface area contributed by atoms with Gasteiger partial charge in [-0.3, -0.25) is 4.79 Å². The molecule has 6 nitrogen and oxygen atoms in total. The Hall–Kier alpha value is -2.81. The van der Waals surface area contributed by atoms with Crippen molar-refractivity contribution >= 4 is 22.4 Å². The molecule has 0 bridgehead atoms. The third kappa shape index (κ3) is 2.66. The van der Waals surface area contributed by atoms with Gasteiger partial charge in [-0.15, -0.1) is 0 Å². The molecule has 4 rings (SSSR count). The van der Waals surface area contributed by atoms with Gasteiger partial charge in [-0.2, -0.15) is 0 Å². The molecule has 2 atom stereocenters. The molecule has 1 fully saturated rings. The normalized spacial score (nSPS) is 21.5. The average molecular weight is 337 g/mol. The van der Waals surface area contributed by atoms with Crippen molar-refractivity contribution < 1.29 is 14.3 Å². The zero-order valence-electron chi connectivity index (χ0n) is 14.0. The van der Waals surface area contributed by atoms with E-state index in [1.165, 1.54) is 0 Å². The molecule has 0 spiro atoms. The highest BCUT2D eigenvalue weighted by Gasteiger charge is 2.32. The van der Waals surface area contributed by atoms with Crippen molar-refractivity contribution in [3.8, 4) is 11.6 Å². The van der Waals surface area contributed by atoms with Gasteiger partial charge < -0.3 is 14.8 Å². The summed E-state index contributed by atoms with van der Waals surface area (Å²) in [5.74, 6) is 1.58. The van der Waals surface area contributed by atoms with Crippen LogP contribution in [0.1, 0.15) is 25.3 Å². The first kappa shape index (κ1) is 15.7. The number of fused-ring (bicyclic) bond motifs is 3. The lowest BCUT2D eigenvalue weighted by Crippen LogP contribution is -2.34. The molecule has 6 heteroatoms. The Kier molecular flexibility index (Phi) is 3.92. The summed E-state index contributed by atoms with van der Waals surface area (Å²) in [7, 11) is 0. The van der Waals surface area contributed by atoms with Crippen LogP contribution in [0.25, 0.3) is 15.6 Å². The summed E-state index contributed by atoms with van der Waals surface area (Å²) in [5.41, 5.74) is 1.53. The Morgan fingerprint density at radius 1 is 1.52 bits per heavy atom. The number of nitrogens with one attached hydrogen (secondary N) is 1. The lowest BCUT2D eigenvalue weighted by Gasteiger charge is -2.18. The fraction of sp³-hybridized carbons (Fsp3) is 0.421. The monoisotopic (exact) mass is 337 g/mol. The number of pyridine rings is 1. The molecule has 3 heterocycles. The first-order chi connectivity index (χ1) is 12.2. The molecule has 1 amide bonds. The Labute approximate surface area is 146 Å². The minimum atomic E-state index is 0.0152. The molecule has 1 aromatic carbocycles. The number of nitrogens with zero attached hydrogens (tertiary/aromatic N) is 2. The van der Waals surface area contributed by atoms with Crippen LogP contribution in [-0.4, -0.2) is 30.1 Å². The van der Waals surface area contributed by atoms with Crippen LogP contribution in [0.5, 0.6) is 11.6 Å². The van der Waals surface area contributed by atoms with Crippen molar-refractivity contribution in [3.05, 3.63) is 35.3 Å². The van der Waals surface area contributed by atoms with Gasteiger partial charge >= 0.3 is 0 Å². The predicted molar refractivity (Wildman–Crippen MR) is 93.0 cm³/mol. The van der Waals surface area contributed by atoms with Gasteiger partial charge in [-0.25, -0.2) is 9.83 Å². The van der Waals surface area contributed by atoms with Crippen LogP contribution >= 0.6 is 0 Å². The van der Waals surface area contributed by atoms with E-state index in [9.17, 15) is 4.79 Å². The Bertz CT molecular complexity index is 888. The van der Waals surface area contributed by atoms with Crippen molar-refractivity contribution in [2.45, 2.75) is 32.2 Å². The second kappa shape index (κ2) is 6.25. The minimum Gasteiger partial charge on any atom is -0.504 e. The molecular formula is C19H19N3O3. The van der Waals surface area contributed by atoms with Gasteiger partial charge in [0.25, 0.3) is 0 Å². The molecule has 0 saturated carbocycles. The summed E-state index contributed by atoms with van der Waals surface area (Å²) in [6.07, 6.45) is 3.94. The zero-order chi connectivity index (χ0) is 17.4. The maximum atomic E-state index is 11.6. The fourth-order valence-electron chi connectivity index (χ4n) is 3.75. The average Bonchev–Trinajstić information content (AvgIpc) is 3.25. The lowest BCUT2D eigenvalue weighted by molar-refractivity contribution is -0.119. The molecule has 128 valence electrons. The maximum absolute atomic E-state index is 11.6. The third-order valence-corrected chi connectivity index (χ3v) is 5.06. The molecular weight excluding hydrogens is 318 g/mol. The zero-order valence-corrected chi connectivity index (χ0v) is 14.0. The van der Waals surface area contributed by atoms with Crippen molar-refractivity contribution in [2.24, 2.45) is 5.92 Å². The standard InChI is InChI=1S/C19H19N3O3/c1-3-11-9-16(23)22-15(11)10-25-19-17-12(4-6-21-19)8-14(20-2)18-13(17)5-7-24-18/h4,6,8,11,15H,3,5,7,9-10H2,1H3,(H,22,23)/t11-,15-/m1/s1. The first-order valence-electron chi connectivity index (χ1n) is 8.58. The van der Waals surface area contributed by atoms with Crippen LogP contribution in [0.4, 0.5) is 5.69 Å². The predicted octanol–water partition coefficient (Wildman–Crippen LogP) is 3.01. The van der Waals surface area contributed by atoms with Gasteiger partial charge in [0.2, 0.25) is 17.5 Å². The SMILES string of the molecule is [C-]#[N+]c1cc2ccnc(OC[C@H]3NC(=O)C[C@H]3CC)c2c2c1OCC2. The highest BCUT2D eigenvalue weighted by atomic mass is 16.5. The van der Waals surface area contributed by atoms with Crippen LogP contribution in [0.15, 0.2) is 18.3 Å². The molecule has 25 heavy (non-hydrogen) atoms. The number of ether oxygens (including phenoxy) is 2. The van der Waals surface area contributed by atoms with E-state index in [1.807, 2.05) is 12.1 Å². The van der Waals surface area contributed by atoms with E-state index in [1.54, 1.807) is 6.20 Å². The van der Waals surface area contributed by atoms with Crippen LogP contribution in [0, 0.1) is 12.5 Å². The largest absolute Gasteiger partial charge is 0.504 e. The summed E-state index contributed by atoms with van der Waals surface area (Å²) in [4.78, 5) is 19.6. The van der Waals surface area contributed by atoms with E-state index in [2.05, 4.69) is 22.1 Å². The number of carbonyl (C=O) groups excluding carboxylic acids is 1. The molecule has 0 unspecified atom stereocenters. The summed E-state index contributed by atoms with van der Waals surface area (Å²) in [6, 6.07) is 3.73. The van der Waals surface area contributed by atoms with Crippen molar-refractivity contribution in [3.63, 3.8) is 0 Å². The van der Waals surface area contributed by atoms with Gasteiger partial charge in [0.05, 0.1) is 19.2 Å². The maximum Gasteiger partial charge on any atom is 0.229 e. The van der Waals surface area contributed by atoms with E-state index >= 15 is 0 Å². The Balaban J connectivity index is 1.68. The van der Waals surface area contributed by atoms with Crippen molar-refractivity contribution in [2.75, 3.05) is 13.2 Å². The quantitative estimate of drug-likeness (QED) is 0.871. The van der Waals surface area contributed by atoms with Gasteiger partial charge in [-0.05, 0) is 29.0 Å². The lowest BCUT2D eigenvalue weighted by atomic mass is 9.98.